The van der Waals surface area contributed by atoms with E-state index in [1.807, 2.05) is 4.90 Å². The summed E-state index contributed by atoms with van der Waals surface area (Å²) in [5, 5.41) is 21.4. The molecule has 0 bridgehead atoms. The van der Waals surface area contributed by atoms with Gasteiger partial charge in [0.1, 0.15) is 0 Å². The molecule has 0 atom stereocenters. The Labute approximate surface area is 128 Å². The monoisotopic (exact) mass is 310 g/mol. The Bertz CT molecular complexity index is 530. The Balaban J connectivity index is 1.78. The maximum Gasteiger partial charge on any atom is 0.278 e. The van der Waals surface area contributed by atoms with E-state index < -0.39 is 0 Å². The van der Waals surface area contributed by atoms with Gasteiger partial charge in [-0.05, 0) is 24.1 Å². The molecule has 0 aliphatic carbocycles. The van der Waals surface area contributed by atoms with Crippen LogP contribution in [0.25, 0.3) is 0 Å². The number of carbonyl (C=O) groups is 1. The minimum Gasteiger partial charge on any atom is -0.504 e. The van der Waals surface area contributed by atoms with Gasteiger partial charge < -0.3 is 25.2 Å². The fourth-order valence-corrected chi connectivity index (χ4v) is 2.29. The highest BCUT2D eigenvalue weighted by atomic mass is 32.1. The van der Waals surface area contributed by atoms with E-state index in [2.05, 4.69) is 5.32 Å². The fourth-order valence-electron chi connectivity index (χ4n) is 2.03. The highest BCUT2D eigenvalue weighted by Crippen LogP contribution is 2.24. The van der Waals surface area contributed by atoms with Crippen molar-refractivity contribution in [1.29, 1.82) is 0 Å². The van der Waals surface area contributed by atoms with Gasteiger partial charge in [-0.15, -0.1) is 0 Å². The molecule has 0 aromatic heterocycles. The summed E-state index contributed by atoms with van der Waals surface area (Å²) < 4.78 is 5.21. The Hall–Kier alpha value is -1.86. The minimum absolute atomic E-state index is 0.156. The van der Waals surface area contributed by atoms with E-state index in [4.69, 9.17) is 17.0 Å². The van der Waals surface area contributed by atoms with Crippen LogP contribution in [0.2, 0.25) is 0 Å². The van der Waals surface area contributed by atoms with Crippen LogP contribution in [0, 0.1) is 0 Å². The molecule has 1 fully saturated rings. The second-order valence-electron chi connectivity index (χ2n) is 4.73. The zero-order chi connectivity index (χ0) is 15.2. The van der Waals surface area contributed by atoms with Crippen molar-refractivity contribution >= 4 is 23.1 Å². The number of nitrogens with zero attached hydrogens (tertiary/aromatic N) is 1. The molecule has 1 aromatic rings. The molecule has 2 rings (SSSR count). The van der Waals surface area contributed by atoms with Crippen LogP contribution in [0.5, 0.6) is 11.5 Å². The summed E-state index contributed by atoms with van der Waals surface area (Å²) in [5.41, 5.74) is 0.822. The van der Waals surface area contributed by atoms with Crippen LogP contribution in [0.4, 0.5) is 0 Å². The molecule has 1 heterocycles. The second kappa shape index (κ2) is 7.24. The third-order valence-corrected chi connectivity index (χ3v) is 3.68. The number of morpholine rings is 1. The van der Waals surface area contributed by atoms with Gasteiger partial charge >= 0.3 is 0 Å². The largest absolute Gasteiger partial charge is 0.504 e. The van der Waals surface area contributed by atoms with Crippen LogP contribution >= 0.6 is 12.2 Å². The number of hydrogen-bond acceptors (Lipinski definition) is 5. The number of thiocarbonyl (C=S) groups is 1. The summed E-state index contributed by atoms with van der Waals surface area (Å²) >= 11 is 5.15. The first-order chi connectivity index (χ1) is 10.1. The highest BCUT2D eigenvalue weighted by molar-refractivity contribution is 7.82. The maximum atomic E-state index is 11.9. The topological polar surface area (TPSA) is 82.0 Å². The lowest BCUT2D eigenvalue weighted by atomic mass is 10.1. The number of phenols is 2. The predicted molar refractivity (Wildman–Crippen MR) is 81.5 cm³/mol. The first-order valence-electron chi connectivity index (χ1n) is 6.73. The second-order valence-corrected chi connectivity index (χ2v) is 5.12. The molecule has 0 unspecified atom stereocenters. The third kappa shape index (κ3) is 4.30. The van der Waals surface area contributed by atoms with Gasteiger partial charge in [0.15, 0.2) is 16.5 Å². The Morgan fingerprint density at radius 3 is 2.67 bits per heavy atom. The van der Waals surface area contributed by atoms with Crippen LogP contribution in [-0.2, 0) is 16.0 Å². The molecule has 1 aliphatic heterocycles. The van der Waals surface area contributed by atoms with E-state index in [-0.39, 0.29) is 22.4 Å². The average Bonchev–Trinajstić information content (AvgIpc) is 2.51. The Kier molecular flexibility index (Phi) is 5.35. The number of carbonyl (C=O) groups excluding carboxylic acids is 1. The van der Waals surface area contributed by atoms with Crippen LogP contribution < -0.4 is 5.32 Å². The van der Waals surface area contributed by atoms with Gasteiger partial charge in [0.2, 0.25) is 0 Å². The van der Waals surface area contributed by atoms with Crippen molar-refractivity contribution in [3.8, 4) is 11.5 Å². The number of phenolic OH excluding ortho intramolecular Hbond substituents is 2. The molecule has 114 valence electrons. The summed E-state index contributed by atoms with van der Waals surface area (Å²) in [6.45, 7) is 2.85. The third-order valence-electron chi connectivity index (χ3n) is 3.23. The molecule has 0 saturated carbocycles. The van der Waals surface area contributed by atoms with Crippen molar-refractivity contribution in [2.75, 3.05) is 32.8 Å². The zero-order valence-electron chi connectivity index (χ0n) is 11.5. The summed E-state index contributed by atoms with van der Waals surface area (Å²) in [6.07, 6.45) is 0.547. The maximum absolute atomic E-state index is 11.9. The molecule has 6 nitrogen and oxygen atoms in total. The molecule has 1 amide bonds. The normalized spacial score (nSPS) is 14.8. The van der Waals surface area contributed by atoms with Crippen LogP contribution in [-0.4, -0.2) is 58.9 Å². The SMILES string of the molecule is O=C(NCCc1ccc(O)c(O)c1)C(=S)N1CCOCC1. The standard InChI is InChI=1S/C14H18N2O4S/c17-11-2-1-10(9-12(11)18)3-4-15-13(19)14(21)16-5-7-20-8-6-16/h1-2,9,17-18H,3-8H2,(H,15,19). The molecule has 1 aliphatic rings. The van der Waals surface area contributed by atoms with Crippen LogP contribution in [0.15, 0.2) is 18.2 Å². The molecular formula is C14H18N2O4S. The number of amides is 1. The van der Waals surface area contributed by atoms with Crippen molar-refractivity contribution < 1.29 is 19.7 Å². The number of ether oxygens (including phenoxy) is 1. The minimum atomic E-state index is -0.269. The van der Waals surface area contributed by atoms with E-state index in [0.717, 1.165) is 5.56 Å². The number of hydrogen-bond donors (Lipinski definition) is 3. The summed E-state index contributed by atoms with van der Waals surface area (Å²) in [6, 6.07) is 4.59. The van der Waals surface area contributed by atoms with E-state index in [9.17, 15) is 15.0 Å². The quantitative estimate of drug-likeness (QED) is 0.554. The number of nitrogens with one attached hydrogen (secondary N) is 1. The van der Waals surface area contributed by atoms with Gasteiger partial charge in [0, 0.05) is 19.6 Å². The van der Waals surface area contributed by atoms with E-state index in [1.165, 1.54) is 12.1 Å². The van der Waals surface area contributed by atoms with Gasteiger partial charge in [-0.1, -0.05) is 18.3 Å². The predicted octanol–water partition coefficient (Wildman–Crippen LogP) is 0.416. The van der Waals surface area contributed by atoms with E-state index in [0.29, 0.717) is 39.3 Å². The molecule has 3 N–H and O–H groups in total. The summed E-state index contributed by atoms with van der Waals surface area (Å²) in [4.78, 5) is 14.0. The number of rotatable bonds is 3. The molecule has 1 aromatic carbocycles. The smallest absolute Gasteiger partial charge is 0.278 e. The zero-order valence-corrected chi connectivity index (χ0v) is 12.4. The highest BCUT2D eigenvalue weighted by Gasteiger charge is 2.19. The van der Waals surface area contributed by atoms with Gasteiger partial charge in [0.25, 0.3) is 5.91 Å². The molecular weight excluding hydrogens is 292 g/mol. The molecule has 7 heteroatoms. The van der Waals surface area contributed by atoms with E-state index in [1.54, 1.807) is 6.07 Å². The molecule has 1 saturated heterocycles. The van der Waals surface area contributed by atoms with Gasteiger partial charge in [-0.3, -0.25) is 4.79 Å². The fraction of sp³-hybridized carbons (Fsp3) is 0.429. The Morgan fingerprint density at radius 2 is 2.00 bits per heavy atom. The molecule has 0 radical (unpaired) electrons. The van der Waals surface area contributed by atoms with E-state index >= 15 is 0 Å². The van der Waals surface area contributed by atoms with Crippen LogP contribution in [0.1, 0.15) is 5.56 Å². The number of aromatic hydroxyl groups is 2. The molecule has 21 heavy (non-hydrogen) atoms. The lowest BCUT2D eigenvalue weighted by molar-refractivity contribution is -0.115. The first-order valence-corrected chi connectivity index (χ1v) is 7.14. The number of benzene rings is 1. The van der Waals surface area contributed by atoms with Gasteiger partial charge in [-0.25, -0.2) is 0 Å². The average molecular weight is 310 g/mol. The van der Waals surface area contributed by atoms with Gasteiger partial charge in [0.05, 0.1) is 13.2 Å². The lowest BCUT2D eigenvalue weighted by Crippen LogP contribution is -2.47. The van der Waals surface area contributed by atoms with Crippen molar-refractivity contribution in [2.24, 2.45) is 0 Å². The molecule has 0 spiro atoms. The first kappa shape index (κ1) is 15.5. The summed E-state index contributed by atoms with van der Waals surface area (Å²) in [5.74, 6) is -0.589. The van der Waals surface area contributed by atoms with Crippen LogP contribution in [0.3, 0.4) is 0 Å². The van der Waals surface area contributed by atoms with Crippen molar-refractivity contribution in [1.82, 2.24) is 10.2 Å². The van der Waals surface area contributed by atoms with Crippen molar-refractivity contribution in [3.05, 3.63) is 23.8 Å². The van der Waals surface area contributed by atoms with Crippen molar-refractivity contribution in [2.45, 2.75) is 6.42 Å². The lowest BCUT2D eigenvalue weighted by Gasteiger charge is -2.28. The Morgan fingerprint density at radius 1 is 1.29 bits per heavy atom. The summed E-state index contributed by atoms with van der Waals surface area (Å²) in [7, 11) is 0. The van der Waals surface area contributed by atoms with Gasteiger partial charge in [-0.2, -0.15) is 0 Å². The van der Waals surface area contributed by atoms with Crippen molar-refractivity contribution in [3.63, 3.8) is 0 Å².